The molecule has 2 aromatic heterocycles. The van der Waals surface area contributed by atoms with Crippen LogP contribution in [-0.2, 0) is 11.0 Å². The van der Waals surface area contributed by atoms with Crippen LogP contribution in [-0.4, -0.2) is 61.2 Å². The molecule has 1 amide bonds. The molecule has 8 nitrogen and oxygen atoms in total. The van der Waals surface area contributed by atoms with Crippen LogP contribution in [0.2, 0.25) is 10.2 Å². The second kappa shape index (κ2) is 10.3. The Morgan fingerprint density at radius 2 is 1.79 bits per heavy atom. The van der Waals surface area contributed by atoms with Crippen LogP contribution in [0.1, 0.15) is 83.6 Å². The first-order valence-electron chi connectivity index (χ1n) is 12.3. The smallest absolute Gasteiger partial charge is 0.433 e. The fourth-order valence-corrected chi connectivity index (χ4v) is 5.62. The van der Waals surface area contributed by atoms with E-state index < -0.39 is 65.3 Å². The molecular formula is C25H26Cl2F4N4O4. The molecule has 4 rings (SSSR count). The number of pyridine rings is 1. The van der Waals surface area contributed by atoms with Gasteiger partial charge in [-0.25, -0.2) is 9.37 Å². The normalized spacial score (nSPS) is 22.4. The average molecular weight is 593 g/mol. The number of aryl methyl sites for hydroxylation is 1. The molecule has 2 heterocycles. The van der Waals surface area contributed by atoms with Gasteiger partial charge in [0.25, 0.3) is 5.91 Å². The Morgan fingerprint density at radius 1 is 1.18 bits per heavy atom. The number of ketones is 1. The highest BCUT2D eigenvalue weighted by Gasteiger charge is 2.48. The molecule has 0 atom stereocenters. The first kappa shape index (κ1) is 29.3. The molecule has 1 N–H and O–H groups in total. The first-order valence-corrected chi connectivity index (χ1v) is 13.0. The van der Waals surface area contributed by atoms with E-state index in [1.165, 1.54) is 13.0 Å². The van der Waals surface area contributed by atoms with Crippen molar-refractivity contribution in [1.29, 1.82) is 0 Å². The average Bonchev–Trinajstić information content (AvgIpc) is 3.36. The number of amides is 1. The van der Waals surface area contributed by atoms with Gasteiger partial charge >= 0.3 is 12.1 Å². The number of hydrogen-bond acceptors (Lipinski definition) is 5. The molecule has 0 bridgehead atoms. The van der Waals surface area contributed by atoms with Gasteiger partial charge in [-0.3, -0.25) is 19.1 Å². The third kappa shape index (κ3) is 6.06. The zero-order valence-corrected chi connectivity index (χ0v) is 22.6. The highest BCUT2D eigenvalue weighted by atomic mass is 35.5. The predicted octanol–water partition coefficient (Wildman–Crippen LogP) is 5.95. The molecule has 2 fully saturated rings. The number of Topliss-reactive ketones (excluding diaryl/α,β-unsaturated/α-hetero) is 1. The first-order chi connectivity index (χ1) is 18.0. The zero-order valence-electron chi connectivity index (χ0n) is 21.1. The Hall–Kier alpha value is -2.73. The Kier molecular flexibility index (Phi) is 7.76. The van der Waals surface area contributed by atoms with Crippen molar-refractivity contribution in [2.45, 2.75) is 70.3 Å². The van der Waals surface area contributed by atoms with E-state index in [1.54, 1.807) is 6.92 Å². The van der Waals surface area contributed by atoms with Gasteiger partial charge < -0.3 is 10.0 Å². The quantitative estimate of drug-likeness (QED) is 0.231. The number of aliphatic carboxylic acids is 1. The maximum atomic E-state index is 14.8. The van der Waals surface area contributed by atoms with Crippen LogP contribution >= 0.6 is 23.2 Å². The van der Waals surface area contributed by atoms with Crippen molar-refractivity contribution >= 4 is 40.9 Å². The van der Waals surface area contributed by atoms with Crippen LogP contribution < -0.4 is 0 Å². The summed E-state index contributed by atoms with van der Waals surface area (Å²) in [6.07, 6.45) is -3.59. The molecule has 0 unspecified atom stereocenters. The Balaban J connectivity index is 1.66. The zero-order chi connectivity index (χ0) is 28.9. The fourth-order valence-electron chi connectivity index (χ4n) is 4.88. The second-order valence-electron chi connectivity index (χ2n) is 10.6. The van der Waals surface area contributed by atoms with Crippen LogP contribution in [0, 0.1) is 12.3 Å². The van der Waals surface area contributed by atoms with Crippen LogP contribution in [0.5, 0.6) is 0 Å². The summed E-state index contributed by atoms with van der Waals surface area (Å²) in [6, 6.07) is 0.577. The standard InChI is InChI=1S/C25H26Cl2F4N4O4/c1-13-9-16(26)18(20(27)33-13)17(36)11-34(12-24(28)7-8-24)21(37)15-10-32-35(19(15)25(29,30)31)14-3-5-23(2,6-4-14)22(38)39/h9-10,14H,3-8,11-12H2,1-2H3,(H,38,39). The van der Waals surface area contributed by atoms with E-state index in [4.69, 9.17) is 23.2 Å². The van der Waals surface area contributed by atoms with Gasteiger partial charge in [-0.05, 0) is 58.4 Å². The lowest BCUT2D eigenvalue weighted by Crippen LogP contribution is -2.41. The van der Waals surface area contributed by atoms with Crippen molar-refractivity contribution in [3.8, 4) is 0 Å². The number of nitrogens with zero attached hydrogens (tertiary/aromatic N) is 4. The summed E-state index contributed by atoms with van der Waals surface area (Å²) >= 11 is 12.2. The van der Waals surface area contributed by atoms with Gasteiger partial charge in [-0.15, -0.1) is 0 Å². The molecule has 0 radical (unpaired) electrons. The third-order valence-corrected chi connectivity index (χ3v) is 8.01. The van der Waals surface area contributed by atoms with E-state index in [0.29, 0.717) is 10.4 Å². The minimum atomic E-state index is -5.01. The topological polar surface area (TPSA) is 105 Å². The van der Waals surface area contributed by atoms with Gasteiger partial charge in [-0.1, -0.05) is 23.2 Å². The van der Waals surface area contributed by atoms with Crippen molar-refractivity contribution in [1.82, 2.24) is 19.7 Å². The maximum absolute atomic E-state index is 14.8. The molecule has 14 heteroatoms. The van der Waals surface area contributed by atoms with Crippen LogP contribution in [0.4, 0.5) is 17.6 Å². The van der Waals surface area contributed by atoms with Crippen molar-refractivity contribution in [2.75, 3.05) is 13.1 Å². The van der Waals surface area contributed by atoms with E-state index in [-0.39, 0.29) is 54.3 Å². The fraction of sp³-hybridized carbons (Fsp3) is 0.560. The highest BCUT2D eigenvalue weighted by Crippen LogP contribution is 2.44. The number of carboxylic acid groups (broad SMARTS) is 1. The molecule has 0 saturated heterocycles. The molecule has 2 aliphatic carbocycles. The van der Waals surface area contributed by atoms with Crippen molar-refractivity contribution in [3.05, 3.63) is 45.0 Å². The van der Waals surface area contributed by atoms with Gasteiger partial charge in [0.15, 0.2) is 11.5 Å². The van der Waals surface area contributed by atoms with Crippen molar-refractivity contribution in [3.63, 3.8) is 0 Å². The highest BCUT2D eigenvalue weighted by molar-refractivity contribution is 6.39. The Bertz CT molecular complexity index is 1290. The summed E-state index contributed by atoms with van der Waals surface area (Å²) < 4.78 is 58.4. The van der Waals surface area contributed by atoms with Gasteiger partial charge in [-0.2, -0.15) is 18.3 Å². The number of carboxylic acids is 1. The monoisotopic (exact) mass is 592 g/mol. The summed E-state index contributed by atoms with van der Waals surface area (Å²) in [7, 11) is 0. The molecule has 212 valence electrons. The summed E-state index contributed by atoms with van der Waals surface area (Å²) in [5, 5.41) is 13.0. The van der Waals surface area contributed by atoms with Gasteiger partial charge in [0, 0.05) is 5.69 Å². The van der Waals surface area contributed by atoms with Crippen LogP contribution in [0.15, 0.2) is 12.3 Å². The Labute approximate surface area is 231 Å². The largest absolute Gasteiger partial charge is 0.481 e. The van der Waals surface area contributed by atoms with E-state index in [1.807, 2.05) is 0 Å². The van der Waals surface area contributed by atoms with E-state index in [2.05, 4.69) is 10.1 Å². The van der Waals surface area contributed by atoms with E-state index in [9.17, 15) is 37.1 Å². The minimum Gasteiger partial charge on any atom is -0.481 e. The third-order valence-electron chi connectivity index (χ3n) is 7.44. The van der Waals surface area contributed by atoms with Gasteiger partial charge in [0.05, 0.1) is 46.9 Å². The molecule has 2 saturated carbocycles. The number of alkyl halides is 4. The lowest BCUT2D eigenvalue weighted by atomic mass is 9.74. The van der Waals surface area contributed by atoms with Gasteiger partial charge in [0.1, 0.15) is 10.8 Å². The molecule has 0 spiro atoms. The maximum Gasteiger partial charge on any atom is 0.433 e. The molecule has 2 aromatic rings. The summed E-state index contributed by atoms with van der Waals surface area (Å²) in [6.45, 7) is 1.75. The summed E-state index contributed by atoms with van der Waals surface area (Å²) in [5.41, 5.74) is -4.85. The van der Waals surface area contributed by atoms with Crippen molar-refractivity contribution in [2.24, 2.45) is 5.41 Å². The second-order valence-corrected chi connectivity index (χ2v) is 11.4. The molecular weight excluding hydrogens is 567 g/mol. The summed E-state index contributed by atoms with van der Waals surface area (Å²) in [4.78, 5) is 42.8. The molecule has 0 aliphatic heterocycles. The lowest BCUT2D eigenvalue weighted by molar-refractivity contribution is -0.152. The number of halogens is 6. The Morgan fingerprint density at radius 3 is 2.31 bits per heavy atom. The van der Waals surface area contributed by atoms with Crippen LogP contribution in [0.25, 0.3) is 0 Å². The summed E-state index contributed by atoms with van der Waals surface area (Å²) in [5.74, 6) is -3.06. The number of hydrogen-bond donors (Lipinski definition) is 1. The van der Waals surface area contributed by atoms with E-state index in [0.717, 1.165) is 11.1 Å². The number of carbonyl (C=O) groups excluding carboxylic acids is 2. The number of carbonyl (C=O) groups is 3. The van der Waals surface area contributed by atoms with Crippen molar-refractivity contribution < 1.29 is 37.1 Å². The molecule has 39 heavy (non-hydrogen) atoms. The van der Waals surface area contributed by atoms with Gasteiger partial charge in [0.2, 0.25) is 0 Å². The van der Waals surface area contributed by atoms with Crippen LogP contribution in [0.3, 0.4) is 0 Å². The molecule has 0 aromatic carbocycles. The minimum absolute atomic E-state index is 0.0549. The number of aromatic nitrogens is 3. The molecule has 2 aliphatic rings. The lowest BCUT2D eigenvalue weighted by Gasteiger charge is -2.34. The predicted molar refractivity (Wildman–Crippen MR) is 133 cm³/mol. The number of rotatable bonds is 8. The SMILES string of the molecule is Cc1cc(Cl)c(C(=O)CN(CC2(F)CC2)C(=O)c2cnn(C3CCC(C)(C(=O)O)CC3)c2C(F)(F)F)c(Cl)n1. The van der Waals surface area contributed by atoms with E-state index >= 15 is 0 Å².